The lowest BCUT2D eigenvalue weighted by molar-refractivity contribution is 0.366. The lowest BCUT2D eigenvalue weighted by Gasteiger charge is -2.05. The van der Waals surface area contributed by atoms with Crippen LogP contribution in [-0.4, -0.2) is 29.8 Å². The maximum atomic E-state index is 8.32. The standard InChI is InChI=1S/C5H7BN3O3/c1-11-4-3(12-6-10)2-8-5(7)9-4/h2,10H,1H3,(H2,7,8,9). The number of rotatable bonds is 3. The molecule has 0 spiro atoms. The van der Waals surface area contributed by atoms with Crippen molar-refractivity contribution in [3.8, 4) is 11.6 Å². The number of nitrogens with zero attached hydrogens (tertiary/aromatic N) is 2. The van der Waals surface area contributed by atoms with Gasteiger partial charge in [0.25, 0.3) is 5.88 Å². The van der Waals surface area contributed by atoms with Crippen molar-refractivity contribution in [2.75, 3.05) is 12.8 Å². The first-order valence-corrected chi connectivity index (χ1v) is 3.07. The van der Waals surface area contributed by atoms with Crippen LogP contribution in [0.5, 0.6) is 11.6 Å². The highest BCUT2D eigenvalue weighted by molar-refractivity contribution is 6.17. The van der Waals surface area contributed by atoms with Gasteiger partial charge in [0.1, 0.15) is 0 Å². The average Bonchev–Trinajstić information content (AvgIpc) is 2.08. The Kier molecular flexibility index (Phi) is 2.70. The second-order valence-electron chi connectivity index (χ2n) is 1.82. The maximum Gasteiger partial charge on any atom is 0.569 e. The molecule has 1 radical (unpaired) electrons. The highest BCUT2D eigenvalue weighted by Gasteiger charge is 2.06. The molecule has 0 aromatic carbocycles. The Balaban J connectivity index is 2.94. The van der Waals surface area contributed by atoms with Gasteiger partial charge in [-0.05, 0) is 0 Å². The van der Waals surface area contributed by atoms with Crippen molar-refractivity contribution in [1.82, 2.24) is 9.97 Å². The molecule has 0 bridgehead atoms. The molecule has 1 heterocycles. The van der Waals surface area contributed by atoms with E-state index in [4.69, 9.17) is 15.5 Å². The zero-order valence-corrected chi connectivity index (χ0v) is 6.39. The van der Waals surface area contributed by atoms with Crippen molar-refractivity contribution >= 4 is 13.6 Å². The third-order valence-corrected chi connectivity index (χ3v) is 1.11. The predicted octanol–water partition coefficient (Wildman–Crippen LogP) is -1.03. The Morgan fingerprint density at radius 1 is 1.67 bits per heavy atom. The van der Waals surface area contributed by atoms with E-state index in [1.807, 2.05) is 0 Å². The molecule has 0 saturated carbocycles. The monoisotopic (exact) mass is 168 g/mol. The van der Waals surface area contributed by atoms with Gasteiger partial charge in [-0.15, -0.1) is 0 Å². The average molecular weight is 168 g/mol. The maximum absolute atomic E-state index is 8.32. The Morgan fingerprint density at radius 2 is 2.42 bits per heavy atom. The van der Waals surface area contributed by atoms with E-state index in [-0.39, 0.29) is 17.6 Å². The smallest absolute Gasteiger partial charge is 0.533 e. The number of hydrogen-bond donors (Lipinski definition) is 2. The molecular formula is C5H7BN3O3. The van der Waals surface area contributed by atoms with Crippen LogP contribution in [0.15, 0.2) is 6.20 Å². The quantitative estimate of drug-likeness (QED) is 0.560. The molecule has 1 aromatic heterocycles. The first kappa shape index (κ1) is 8.60. The number of methoxy groups -OCH3 is 1. The van der Waals surface area contributed by atoms with E-state index in [2.05, 4.69) is 14.6 Å². The fraction of sp³-hybridized carbons (Fsp3) is 0.200. The molecule has 0 aliphatic carbocycles. The van der Waals surface area contributed by atoms with Crippen molar-refractivity contribution in [2.45, 2.75) is 0 Å². The van der Waals surface area contributed by atoms with Gasteiger partial charge in [0.05, 0.1) is 13.3 Å². The van der Waals surface area contributed by atoms with E-state index in [1.54, 1.807) is 0 Å². The van der Waals surface area contributed by atoms with E-state index < -0.39 is 0 Å². The molecule has 0 fully saturated rings. The summed E-state index contributed by atoms with van der Waals surface area (Å²) in [5.74, 6) is 0.458. The fourth-order valence-electron chi connectivity index (χ4n) is 0.652. The van der Waals surface area contributed by atoms with Gasteiger partial charge in [0.15, 0.2) is 5.75 Å². The summed E-state index contributed by atoms with van der Waals surface area (Å²) in [5, 5.41) is 8.32. The summed E-state index contributed by atoms with van der Waals surface area (Å²) in [6, 6.07) is 0. The molecule has 3 N–H and O–H groups in total. The molecule has 0 unspecified atom stereocenters. The highest BCUT2D eigenvalue weighted by Crippen LogP contribution is 2.22. The summed E-state index contributed by atoms with van der Waals surface area (Å²) < 4.78 is 9.40. The van der Waals surface area contributed by atoms with Gasteiger partial charge in [0, 0.05) is 0 Å². The molecule has 0 aliphatic heterocycles. The largest absolute Gasteiger partial charge is 0.569 e. The molecule has 0 aliphatic rings. The second kappa shape index (κ2) is 3.77. The number of anilines is 1. The van der Waals surface area contributed by atoms with Crippen LogP contribution in [0.2, 0.25) is 0 Å². The van der Waals surface area contributed by atoms with Crippen LogP contribution in [0.1, 0.15) is 0 Å². The van der Waals surface area contributed by atoms with Crippen molar-refractivity contribution in [1.29, 1.82) is 0 Å². The van der Waals surface area contributed by atoms with Crippen LogP contribution in [0.4, 0.5) is 5.95 Å². The molecule has 1 rings (SSSR count). The Morgan fingerprint density at radius 3 is 3.00 bits per heavy atom. The van der Waals surface area contributed by atoms with Crippen LogP contribution in [0.25, 0.3) is 0 Å². The fourth-order valence-corrected chi connectivity index (χ4v) is 0.652. The van der Waals surface area contributed by atoms with Crippen molar-refractivity contribution < 1.29 is 14.4 Å². The molecule has 7 heteroatoms. The molecule has 6 nitrogen and oxygen atoms in total. The minimum Gasteiger partial charge on any atom is -0.533 e. The zero-order chi connectivity index (χ0) is 8.97. The number of hydrogen-bond acceptors (Lipinski definition) is 6. The van der Waals surface area contributed by atoms with Crippen LogP contribution in [0, 0.1) is 0 Å². The molecule has 0 saturated heterocycles. The number of aromatic nitrogens is 2. The first-order valence-electron chi connectivity index (χ1n) is 3.07. The Hall–Kier alpha value is -1.50. The van der Waals surface area contributed by atoms with Gasteiger partial charge >= 0.3 is 7.69 Å². The van der Waals surface area contributed by atoms with Crippen LogP contribution in [-0.2, 0) is 0 Å². The van der Waals surface area contributed by atoms with Gasteiger partial charge in [-0.3, -0.25) is 0 Å². The zero-order valence-electron chi connectivity index (χ0n) is 6.39. The van der Waals surface area contributed by atoms with Crippen LogP contribution < -0.4 is 15.1 Å². The summed E-state index contributed by atoms with van der Waals surface area (Å²) in [6.07, 6.45) is 1.30. The lowest BCUT2D eigenvalue weighted by Crippen LogP contribution is -2.05. The van der Waals surface area contributed by atoms with Crippen molar-refractivity contribution in [2.24, 2.45) is 0 Å². The van der Waals surface area contributed by atoms with Gasteiger partial charge in [0.2, 0.25) is 5.95 Å². The minimum atomic E-state index is 0.0807. The van der Waals surface area contributed by atoms with Gasteiger partial charge in [-0.25, -0.2) is 4.98 Å². The topological polar surface area (TPSA) is 90.5 Å². The molecule has 0 amide bonds. The van der Waals surface area contributed by atoms with E-state index in [0.717, 1.165) is 0 Å². The molecular weight excluding hydrogens is 161 g/mol. The van der Waals surface area contributed by atoms with E-state index in [9.17, 15) is 0 Å². The lowest BCUT2D eigenvalue weighted by atomic mass is 10.4. The summed E-state index contributed by atoms with van der Waals surface area (Å²) >= 11 is 0. The van der Waals surface area contributed by atoms with Gasteiger partial charge in [-0.1, -0.05) is 0 Å². The van der Waals surface area contributed by atoms with Gasteiger partial charge < -0.3 is 20.1 Å². The van der Waals surface area contributed by atoms with Gasteiger partial charge in [-0.2, -0.15) is 4.98 Å². The van der Waals surface area contributed by atoms with Crippen LogP contribution in [0.3, 0.4) is 0 Å². The Bertz CT molecular complexity index is 270. The van der Waals surface area contributed by atoms with Crippen LogP contribution >= 0.6 is 0 Å². The molecule has 12 heavy (non-hydrogen) atoms. The van der Waals surface area contributed by atoms with E-state index >= 15 is 0 Å². The SMILES string of the molecule is COc1nc(N)ncc1O[B]O. The normalized spacial score (nSPS) is 9.17. The molecule has 63 valence electrons. The van der Waals surface area contributed by atoms with Crippen molar-refractivity contribution in [3.05, 3.63) is 6.20 Å². The summed E-state index contributed by atoms with van der Waals surface area (Å²) in [5.41, 5.74) is 5.27. The van der Waals surface area contributed by atoms with E-state index in [0.29, 0.717) is 7.69 Å². The predicted molar refractivity (Wildman–Crippen MR) is 41.6 cm³/mol. The van der Waals surface area contributed by atoms with E-state index in [1.165, 1.54) is 13.3 Å². The number of ether oxygens (including phenoxy) is 1. The number of nitrogens with two attached hydrogens (primary N) is 1. The molecule has 0 atom stereocenters. The summed E-state index contributed by atoms with van der Waals surface area (Å²) in [4.78, 5) is 7.34. The second-order valence-corrected chi connectivity index (χ2v) is 1.82. The minimum absolute atomic E-state index is 0.0807. The van der Waals surface area contributed by atoms with Crippen molar-refractivity contribution in [3.63, 3.8) is 0 Å². The molecule has 1 aromatic rings. The summed E-state index contributed by atoms with van der Waals surface area (Å²) in [6.45, 7) is 0. The third kappa shape index (κ3) is 1.76. The number of nitrogen functional groups attached to an aromatic ring is 1. The highest BCUT2D eigenvalue weighted by atomic mass is 16.5. The summed E-state index contributed by atoms with van der Waals surface area (Å²) in [7, 11) is 1.92. The first-order chi connectivity index (χ1) is 5.77. The third-order valence-electron chi connectivity index (χ3n) is 1.11. The Labute approximate surface area is 69.7 Å².